The summed E-state index contributed by atoms with van der Waals surface area (Å²) in [6, 6.07) is 18.8. The Hall–Kier alpha value is -2.58. The average molecular weight is 349 g/mol. The summed E-state index contributed by atoms with van der Waals surface area (Å²) in [5, 5.41) is 9.67. The van der Waals surface area contributed by atoms with Crippen LogP contribution in [0.5, 0.6) is 0 Å². The number of aliphatic imine (C=N–C) groups is 1. The molecular weight excluding hydrogens is 330 g/mol. The molecule has 2 aromatic carbocycles. The highest BCUT2D eigenvalue weighted by molar-refractivity contribution is 8.14. The zero-order valence-electron chi connectivity index (χ0n) is 14.3. The lowest BCUT2D eigenvalue weighted by Crippen LogP contribution is -2.46. The third-order valence-corrected chi connectivity index (χ3v) is 5.48. The minimum Gasteiger partial charge on any atom is -0.281 e. The summed E-state index contributed by atoms with van der Waals surface area (Å²) in [5.74, 6) is 0.731. The molecule has 0 saturated carbocycles. The molecule has 0 bridgehead atoms. The normalized spacial score (nSPS) is 17.5. The third-order valence-electron chi connectivity index (χ3n) is 4.05. The second-order valence-corrected chi connectivity index (χ2v) is 7.46. The fraction of sp³-hybridized carbons (Fsp3) is 0.250. The number of nitriles is 1. The number of carbonyl (C=O) groups excluding carboxylic acids is 1. The van der Waals surface area contributed by atoms with Crippen LogP contribution in [0.4, 0.5) is 0 Å². The maximum atomic E-state index is 13.0. The van der Waals surface area contributed by atoms with Gasteiger partial charge in [-0.1, -0.05) is 42.1 Å². The number of rotatable bonds is 3. The van der Waals surface area contributed by atoms with Gasteiger partial charge in [0.25, 0.3) is 5.91 Å². The summed E-state index contributed by atoms with van der Waals surface area (Å²) in [6.45, 7) is 4.65. The van der Waals surface area contributed by atoms with Crippen LogP contribution < -0.4 is 0 Å². The van der Waals surface area contributed by atoms with E-state index in [2.05, 4.69) is 11.1 Å². The van der Waals surface area contributed by atoms with Crippen molar-refractivity contribution in [3.63, 3.8) is 0 Å². The van der Waals surface area contributed by atoms with Crippen molar-refractivity contribution >= 4 is 22.8 Å². The van der Waals surface area contributed by atoms with Gasteiger partial charge in [-0.2, -0.15) is 5.26 Å². The number of carbonyl (C=O) groups is 1. The summed E-state index contributed by atoms with van der Waals surface area (Å²) in [7, 11) is 0. The largest absolute Gasteiger partial charge is 0.281 e. The summed E-state index contributed by atoms with van der Waals surface area (Å²) < 4.78 is 0. The first-order valence-corrected chi connectivity index (χ1v) is 9.06. The number of nitrogens with zero attached hydrogens (tertiary/aromatic N) is 3. The van der Waals surface area contributed by atoms with Gasteiger partial charge in [-0.15, -0.1) is 0 Å². The first-order valence-electron chi connectivity index (χ1n) is 8.07. The van der Waals surface area contributed by atoms with Crippen molar-refractivity contribution in [2.24, 2.45) is 4.99 Å². The standard InChI is InChI=1S/C20H19N3OS/c1-20(2)14-25-19(22-13-16-6-4-3-5-7-16)23(20)18(24)17-10-8-15(12-21)9-11-17/h3-11H,13-14H2,1-2H3. The monoisotopic (exact) mass is 349 g/mol. The molecule has 5 heteroatoms. The van der Waals surface area contributed by atoms with Gasteiger partial charge in [0.1, 0.15) is 0 Å². The van der Waals surface area contributed by atoms with Crippen LogP contribution >= 0.6 is 11.8 Å². The number of hydrogen-bond donors (Lipinski definition) is 0. The molecule has 4 nitrogen and oxygen atoms in total. The Labute approximate surface area is 152 Å². The molecule has 1 aliphatic rings. The predicted molar refractivity (Wildman–Crippen MR) is 101 cm³/mol. The Kier molecular flexibility index (Phi) is 4.91. The number of hydrogen-bond acceptors (Lipinski definition) is 4. The number of amidine groups is 1. The molecule has 126 valence electrons. The zero-order valence-corrected chi connectivity index (χ0v) is 15.1. The number of thioether (sulfide) groups is 1. The van der Waals surface area contributed by atoms with Crippen LogP contribution in [0.3, 0.4) is 0 Å². The third kappa shape index (κ3) is 3.75. The summed E-state index contributed by atoms with van der Waals surface area (Å²) in [6.07, 6.45) is 0. The highest BCUT2D eigenvalue weighted by atomic mass is 32.2. The highest BCUT2D eigenvalue weighted by Gasteiger charge is 2.41. The molecule has 1 amide bonds. The predicted octanol–water partition coefficient (Wildman–Crippen LogP) is 4.08. The van der Waals surface area contributed by atoms with Crippen LogP contribution in [0, 0.1) is 11.3 Å². The van der Waals surface area contributed by atoms with E-state index in [0.717, 1.165) is 16.5 Å². The molecule has 0 aliphatic carbocycles. The molecule has 0 radical (unpaired) electrons. The summed E-state index contributed by atoms with van der Waals surface area (Å²) in [4.78, 5) is 19.5. The van der Waals surface area contributed by atoms with E-state index in [1.54, 1.807) is 40.9 Å². The van der Waals surface area contributed by atoms with Gasteiger partial charge >= 0.3 is 0 Å². The minimum atomic E-state index is -0.300. The van der Waals surface area contributed by atoms with Gasteiger partial charge in [0.2, 0.25) is 0 Å². The van der Waals surface area contributed by atoms with E-state index in [0.29, 0.717) is 17.7 Å². The Bertz CT molecular complexity index is 835. The molecule has 1 heterocycles. The van der Waals surface area contributed by atoms with Crippen LogP contribution in [-0.4, -0.2) is 27.3 Å². The van der Waals surface area contributed by atoms with Gasteiger partial charge < -0.3 is 0 Å². The van der Waals surface area contributed by atoms with E-state index >= 15 is 0 Å². The van der Waals surface area contributed by atoms with Crippen LogP contribution in [-0.2, 0) is 6.54 Å². The fourth-order valence-corrected chi connectivity index (χ4v) is 3.89. The lowest BCUT2D eigenvalue weighted by Gasteiger charge is -2.30. The topological polar surface area (TPSA) is 56.5 Å². The second-order valence-electron chi connectivity index (χ2n) is 6.52. The van der Waals surface area contributed by atoms with E-state index in [4.69, 9.17) is 5.26 Å². The van der Waals surface area contributed by atoms with Crippen molar-refractivity contribution < 1.29 is 4.79 Å². The van der Waals surface area contributed by atoms with Gasteiger partial charge in [-0.05, 0) is 43.7 Å². The molecule has 0 aromatic heterocycles. The molecule has 1 aliphatic heterocycles. The molecule has 25 heavy (non-hydrogen) atoms. The fourth-order valence-electron chi connectivity index (χ4n) is 2.67. The minimum absolute atomic E-state index is 0.0775. The van der Waals surface area contributed by atoms with Crippen LogP contribution in [0.15, 0.2) is 59.6 Å². The molecule has 1 fully saturated rings. The van der Waals surface area contributed by atoms with Crippen molar-refractivity contribution in [3.05, 3.63) is 71.3 Å². The lowest BCUT2D eigenvalue weighted by atomic mass is 10.0. The van der Waals surface area contributed by atoms with Gasteiger partial charge in [0, 0.05) is 11.3 Å². The van der Waals surface area contributed by atoms with Crippen LogP contribution in [0.25, 0.3) is 0 Å². The Morgan fingerprint density at radius 3 is 2.52 bits per heavy atom. The van der Waals surface area contributed by atoms with Crippen LogP contribution in [0.2, 0.25) is 0 Å². The summed E-state index contributed by atoms with van der Waals surface area (Å²) >= 11 is 1.61. The Morgan fingerprint density at radius 1 is 1.20 bits per heavy atom. The number of benzene rings is 2. The van der Waals surface area contributed by atoms with Gasteiger partial charge in [-0.3, -0.25) is 14.7 Å². The quantitative estimate of drug-likeness (QED) is 0.839. The molecule has 1 saturated heterocycles. The van der Waals surface area contributed by atoms with Gasteiger partial charge in [0.05, 0.1) is 23.7 Å². The molecule has 2 aromatic rings. The van der Waals surface area contributed by atoms with Gasteiger partial charge in [-0.25, -0.2) is 0 Å². The molecule has 0 atom stereocenters. The molecule has 0 spiro atoms. The van der Waals surface area contributed by atoms with Crippen molar-refractivity contribution in [2.75, 3.05) is 5.75 Å². The first kappa shape index (κ1) is 17.2. The molecule has 0 unspecified atom stereocenters. The van der Waals surface area contributed by atoms with Crippen molar-refractivity contribution in [2.45, 2.75) is 25.9 Å². The smallest absolute Gasteiger partial charge is 0.260 e. The number of amides is 1. The Balaban J connectivity index is 1.86. The zero-order chi connectivity index (χ0) is 17.9. The van der Waals surface area contributed by atoms with E-state index in [1.807, 2.05) is 44.2 Å². The highest BCUT2D eigenvalue weighted by Crippen LogP contribution is 2.34. The van der Waals surface area contributed by atoms with Gasteiger partial charge in [0.15, 0.2) is 5.17 Å². The molecular formula is C20H19N3OS. The van der Waals surface area contributed by atoms with E-state index in [1.165, 1.54) is 0 Å². The lowest BCUT2D eigenvalue weighted by molar-refractivity contribution is 0.0766. The Morgan fingerprint density at radius 2 is 1.88 bits per heavy atom. The summed E-state index contributed by atoms with van der Waals surface area (Å²) in [5.41, 5.74) is 1.93. The SMILES string of the molecule is CC1(C)CSC(=NCc2ccccc2)N1C(=O)c1ccc(C#N)cc1. The maximum Gasteiger partial charge on any atom is 0.260 e. The second kappa shape index (κ2) is 7.12. The molecule has 0 N–H and O–H groups in total. The van der Waals surface area contributed by atoms with E-state index < -0.39 is 0 Å². The maximum absolute atomic E-state index is 13.0. The van der Waals surface area contributed by atoms with Crippen LogP contribution in [0.1, 0.15) is 35.3 Å². The van der Waals surface area contributed by atoms with Crippen molar-refractivity contribution in [3.8, 4) is 6.07 Å². The average Bonchev–Trinajstić information content (AvgIpc) is 2.94. The van der Waals surface area contributed by atoms with Crippen molar-refractivity contribution in [1.29, 1.82) is 5.26 Å². The first-order chi connectivity index (χ1) is 12.0. The van der Waals surface area contributed by atoms with Crippen molar-refractivity contribution in [1.82, 2.24) is 4.90 Å². The molecule has 3 rings (SSSR count). The van der Waals surface area contributed by atoms with E-state index in [-0.39, 0.29) is 11.4 Å². The van der Waals surface area contributed by atoms with E-state index in [9.17, 15) is 4.79 Å².